The van der Waals surface area contributed by atoms with E-state index in [2.05, 4.69) is 47.6 Å². The molecule has 7 heteroatoms. The van der Waals surface area contributed by atoms with Crippen molar-refractivity contribution < 1.29 is 4.48 Å². The fourth-order valence-electron chi connectivity index (χ4n) is 2.02. The van der Waals surface area contributed by atoms with E-state index in [-0.39, 0.29) is 0 Å². The van der Waals surface area contributed by atoms with Crippen LogP contribution in [0.1, 0.15) is 5.56 Å². The van der Waals surface area contributed by atoms with E-state index < -0.39 is 0 Å². The molecule has 0 aliphatic carbocycles. The van der Waals surface area contributed by atoms with E-state index >= 15 is 0 Å². The van der Waals surface area contributed by atoms with Crippen molar-refractivity contribution in [1.82, 2.24) is 9.24 Å². The molecule has 0 unspecified atom stereocenters. The number of benzene rings is 1. The third-order valence-electron chi connectivity index (χ3n) is 2.77. The molecule has 1 aromatic carbocycles. The number of nitrogens with one attached hydrogen (secondary N) is 1. The van der Waals surface area contributed by atoms with Gasteiger partial charge in [0.2, 0.25) is 5.96 Å². The molecule has 0 radical (unpaired) electrons. The van der Waals surface area contributed by atoms with Crippen molar-refractivity contribution >= 4 is 51.0 Å². The number of quaternary nitrogens is 1. The van der Waals surface area contributed by atoms with Gasteiger partial charge in [-0.05, 0) is 12.1 Å². The summed E-state index contributed by atoms with van der Waals surface area (Å²) in [7, 11) is 6.38. The second-order valence-electron chi connectivity index (χ2n) is 5.80. The minimum absolute atomic E-state index is 0.572. The number of hydrogen-bond donors (Lipinski definition) is 1. The van der Waals surface area contributed by atoms with Crippen LogP contribution in [0.3, 0.4) is 0 Å². The van der Waals surface area contributed by atoms with Crippen molar-refractivity contribution in [3.63, 3.8) is 0 Å². The number of halogens is 3. The molecule has 0 bridgehead atoms. The van der Waals surface area contributed by atoms with Gasteiger partial charge in [-0.25, -0.2) is 4.99 Å². The molecule has 0 amide bonds. The predicted molar refractivity (Wildman–Crippen MR) is 88.9 cm³/mol. The molecule has 2 rings (SSSR count). The van der Waals surface area contributed by atoms with Crippen LogP contribution >= 0.6 is 39.3 Å². The highest BCUT2D eigenvalue weighted by molar-refractivity contribution is 9.07. The molecular formula is C13H18BrCl2N4+. The van der Waals surface area contributed by atoms with Gasteiger partial charge in [-0.2, -0.15) is 0 Å². The van der Waals surface area contributed by atoms with E-state index in [0.717, 1.165) is 35.6 Å². The number of aliphatic imine (C=N–C) groups is 1. The first-order chi connectivity index (χ1) is 9.26. The van der Waals surface area contributed by atoms with Gasteiger partial charge in [0.1, 0.15) is 12.2 Å². The summed E-state index contributed by atoms with van der Waals surface area (Å²) in [6.07, 6.45) is 0. The molecule has 1 saturated heterocycles. The normalized spacial score (nSPS) is 17.7. The number of rotatable bonds is 3. The van der Waals surface area contributed by atoms with Crippen LogP contribution in [0.25, 0.3) is 0 Å². The summed E-state index contributed by atoms with van der Waals surface area (Å²) in [5.41, 5.74) is 1.71. The molecule has 1 aliphatic heterocycles. The van der Waals surface area contributed by atoms with E-state index in [9.17, 15) is 0 Å². The molecule has 1 N–H and O–H groups in total. The molecule has 1 heterocycles. The SMILES string of the molecule is C[N+](C)(C)Cc1cc(Cl)c(N=C2NCCN2Br)c(Cl)c1. The fourth-order valence-corrected chi connectivity index (χ4v) is 3.02. The lowest BCUT2D eigenvalue weighted by molar-refractivity contribution is -0.884. The van der Waals surface area contributed by atoms with Crippen molar-refractivity contribution in [3.05, 3.63) is 27.7 Å². The first-order valence-electron chi connectivity index (χ1n) is 6.30. The van der Waals surface area contributed by atoms with Crippen molar-refractivity contribution in [2.24, 2.45) is 4.99 Å². The Hall–Kier alpha value is -0.490. The van der Waals surface area contributed by atoms with Gasteiger partial charge in [0.15, 0.2) is 0 Å². The van der Waals surface area contributed by atoms with E-state index in [1.807, 2.05) is 16.1 Å². The van der Waals surface area contributed by atoms with Gasteiger partial charge in [-0.1, -0.05) is 23.2 Å². The summed E-state index contributed by atoms with van der Waals surface area (Å²) >= 11 is 16.1. The molecule has 20 heavy (non-hydrogen) atoms. The summed E-state index contributed by atoms with van der Waals surface area (Å²) in [6.45, 7) is 2.56. The second kappa shape index (κ2) is 6.10. The lowest BCUT2D eigenvalue weighted by Crippen LogP contribution is -2.33. The quantitative estimate of drug-likeness (QED) is 0.642. The van der Waals surface area contributed by atoms with E-state index in [0.29, 0.717) is 15.7 Å². The average molecular weight is 381 g/mol. The van der Waals surface area contributed by atoms with Crippen molar-refractivity contribution in [3.8, 4) is 0 Å². The van der Waals surface area contributed by atoms with Crippen LogP contribution in [-0.2, 0) is 6.54 Å². The molecule has 1 fully saturated rings. The van der Waals surface area contributed by atoms with Crippen LogP contribution in [0.5, 0.6) is 0 Å². The van der Waals surface area contributed by atoms with Gasteiger partial charge in [0, 0.05) is 18.7 Å². The zero-order valence-electron chi connectivity index (χ0n) is 11.8. The third kappa shape index (κ3) is 4.01. The Labute approximate surface area is 138 Å². The second-order valence-corrected chi connectivity index (χ2v) is 7.48. The van der Waals surface area contributed by atoms with Crippen LogP contribution in [0.15, 0.2) is 17.1 Å². The standard InChI is InChI=1S/C13H18BrCl2N4/c1-20(2,3)8-9-6-10(15)12(11(16)7-9)18-13-17-4-5-19(13)14/h6-7H,4-5,8H2,1-3H3,(H,17,18)/q+1. The maximum absolute atomic E-state index is 6.33. The van der Waals surface area contributed by atoms with Crippen molar-refractivity contribution in [1.29, 1.82) is 0 Å². The Bertz CT molecular complexity index is 517. The van der Waals surface area contributed by atoms with Gasteiger partial charge < -0.3 is 9.80 Å². The Kier molecular flexibility index (Phi) is 4.84. The Balaban J connectivity index is 2.32. The molecule has 1 aromatic rings. The monoisotopic (exact) mass is 379 g/mol. The molecule has 4 nitrogen and oxygen atoms in total. The predicted octanol–water partition coefficient (Wildman–Crippen LogP) is 3.40. The van der Waals surface area contributed by atoms with Gasteiger partial charge in [0.25, 0.3) is 0 Å². The van der Waals surface area contributed by atoms with Crippen LogP contribution in [-0.4, -0.2) is 48.6 Å². The molecule has 0 spiro atoms. The highest BCUT2D eigenvalue weighted by Crippen LogP contribution is 2.35. The first kappa shape index (κ1) is 15.9. The minimum atomic E-state index is 0.572. The topological polar surface area (TPSA) is 27.6 Å². The zero-order chi connectivity index (χ0) is 14.9. The molecule has 0 atom stereocenters. The fraction of sp³-hybridized carbons (Fsp3) is 0.462. The summed E-state index contributed by atoms with van der Waals surface area (Å²) in [6, 6.07) is 3.87. The number of guanidine groups is 1. The Morgan fingerprint density at radius 1 is 1.30 bits per heavy atom. The Morgan fingerprint density at radius 3 is 2.35 bits per heavy atom. The number of hydrogen-bond acceptors (Lipinski definition) is 1. The van der Waals surface area contributed by atoms with Crippen molar-refractivity contribution in [2.75, 3.05) is 34.2 Å². The largest absolute Gasteiger partial charge is 0.353 e. The lowest BCUT2D eigenvalue weighted by atomic mass is 10.2. The average Bonchev–Trinajstić information content (AvgIpc) is 2.67. The van der Waals surface area contributed by atoms with Gasteiger partial charge in [0.05, 0.1) is 47.3 Å². The summed E-state index contributed by atoms with van der Waals surface area (Å²) in [5, 5.41) is 4.32. The van der Waals surface area contributed by atoms with Crippen molar-refractivity contribution in [2.45, 2.75) is 6.54 Å². The first-order valence-corrected chi connectivity index (χ1v) is 7.77. The molecule has 1 aliphatic rings. The minimum Gasteiger partial charge on any atom is -0.353 e. The van der Waals surface area contributed by atoms with E-state index in [1.165, 1.54) is 0 Å². The summed E-state index contributed by atoms with van der Waals surface area (Å²) in [5.74, 6) is 0.730. The van der Waals surface area contributed by atoms with Gasteiger partial charge >= 0.3 is 0 Å². The van der Waals surface area contributed by atoms with Crippen LogP contribution in [0, 0.1) is 0 Å². The lowest BCUT2D eigenvalue weighted by Gasteiger charge is -2.24. The number of nitrogens with zero attached hydrogens (tertiary/aromatic N) is 3. The van der Waals surface area contributed by atoms with E-state index in [4.69, 9.17) is 23.2 Å². The zero-order valence-corrected chi connectivity index (χ0v) is 14.8. The van der Waals surface area contributed by atoms with Crippen LogP contribution in [0.4, 0.5) is 5.69 Å². The van der Waals surface area contributed by atoms with Gasteiger partial charge in [-0.15, -0.1) is 0 Å². The highest BCUT2D eigenvalue weighted by atomic mass is 79.9. The Morgan fingerprint density at radius 2 is 1.90 bits per heavy atom. The highest BCUT2D eigenvalue weighted by Gasteiger charge is 2.18. The molecule has 0 saturated carbocycles. The maximum Gasteiger partial charge on any atom is 0.209 e. The summed E-state index contributed by atoms with van der Waals surface area (Å²) in [4.78, 5) is 4.49. The van der Waals surface area contributed by atoms with Crippen LogP contribution in [0.2, 0.25) is 10.0 Å². The maximum atomic E-state index is 6.33. The molecular weight excluding hydrogens is 363 g/mol. The molecule has 0 aromatic heterocycles. The van der Waals surface area contributed by atoms with E-state index in [1.54, 1.807) is 0 Å². The van der Waals surface area contributed by atoms with Gasteiger partial charge in [-0.3, -0.25) is 3.93 Å². The smallest absolute Gasteiger partial charge is 0.209 e. The third-order valence-corrected chi connectivity index (χ3v) is 4.04. The van der Waals surface area contributed by atoms with Crippen LogP contribution < -0.4 is 5.32 Å². The molecule has 110 valence electrons. The summed E-state index contributed by atoms with van der Waals surface area (Å²) < 4.78 is 2.68.